The molecular weight excluding hydrogens is 368 g/mol. The maximum Gasteiger partial charge on any atom is 0.253 e. The van der Waals surface area contributed by atoms with Crippen LogP contribution in [0.5, 0.6) is 5.88 Å². The summed E-state index contributed by atoms with van der Waals surface area (Å²) in [6.45, 7) is 9.45. The van der Waals surface area contributed by atoms with Gasteiger partial charge in [-0.2, -0.15) is 0 Å². The van der Waals surface area contributed by atoms with Crippen molar-refractivity contribution in [1.82, 2.24) is 15.3 Å². The van der Waals surface area contributed by atoms with Gasteiger partial charge in [-0.1, -0.05) is 6.07 Å². The first-order valence-corrected chi connectivity index (χ1v) is 10.1. The summed E-state index contributed by atoms with van der Waals surface area (Å²) in [4.78, 5) is 23.3. The van der Waals surface area contributed by atoms with Gasteiger partial charge < -0.3 is 19.7 Å². The van der Waals surface area contributed by atoms with Crippen molar-refractivity contribution in [3.8, 4) is 5.88 Å². The summed E-state index contributed by atoms with van der Waals surface area (Å²) in [6, 6.07) is 7.43. The fourth-order valence-electron chi connectivity index (χ4n) is 3.03. The molecule has 156 valence electrons. The van der Waals surface area contributed by atoms with Crippen molar-refractivity contribution in [2.45, 2.75) is 45.8 Å². The van der Waals surface area contributed by atoms with E-state index in [2.05, 4.69) is 20.2 Å². The van der Waals surface area contributed by atoms with Gasteiger partial charge in [-0.15, -0.1) is 0 Å². The first kappa shape index (κ1) is 21.0. The van der Waals surface area contributed by atoms with Gasteiger partial charge in [0, 0.05) is 38.1 Å². The van der Waals surface area contributed by atoms with Gasteiger partial charge in [0.1, 0.15) is 12.4 Å². The SMILES string of the molecule is CC(C)(C)OCCOc1ccc(C(=O)NCc2ccc(N3CCCC3)nc2)cn1. The lowest BCUT2D eigenvalue weighted by Crippen LogP contribution is -2.23. The van der Waals surface area contributed by atoms with Crippen LogP contribution in [0.1, 0.15) is 49.5 Å². The van der Waals surface area contributed by atoms with E-state index in [9.17, 15) is 4.79 Å². The lowest BCUT2D eigenvalue weighted by molar-refractivity contribution is -0.0168. The molecule has 1 aliphatic rings. The molecule has 3 heterocycles. The van der Waals surface area contributed by atoms with E-state index in [0.29, 0.717) is 31.2 Å². The Balaban J connectivity index is 1.43. The number of aromatic nitrogens is 2. The number of hydrogen-bond acceptors (Lipinski definition) is 6. The topological polar surface area (TPSA) is 76.6 Å². The second-order valence-electron chi connectivity index (χ2n) is 8.10. The predicted molar refractivity (Wildman–Crippen MR) is 112 cm³/mol. The molecule has 2 aromatic rings. The molecule has 1 aliphatic heterocycles. The first-order valence-electron chi connectivity index (χ1n) is 10.1. The van der Waals surface area contributed by atoms with Gasteiger partial charge >= 0.3 is 0 Å². The molecule has 29 heavy (non-hydrogen) atoms. The highest BCUT2D eigenvalue weighted by molar-refractivity contribution is 5.93. The average Bonchev–Trinajstić information content (AvgIpc) is 3.24. The van der Waals surface area contributed by atoms with Crippen LogP contribution in [0.2, 0.25) is 0 Å². The number of nitrogens with one attached hydrogen (secondary N) is 1. The molecule has 0 aliphatic carbocycles. The van der Waals surface area contributed by atoms with Gasteiger partial charge in [-0.25, -0.2) is 9.97 Å². The van der Waals surface area contributed by atoms with Gasteiger partial charge in [0.15, 0.2) is 0 Å². The summed E-state index contributed by atoms with van der Waals surface area (Å²) in [5.41, 5.74) is 1.26. The molecular formula is C22H30N4O3. The van der Waals surface area contributed by atoms with Crippen LogP contribution in [0.25, 0.3) is 0 Å². The fraction of sp³-hybridized carbons (Fsp3) is 0.500. The van der Waals surface area contributed by atoms with Crippen LogP contribution in [0.4, 0.5) is 5.82 Å². The van der Waals surface area contributed by atoms with E-state index in [-0.39, 0.29) is 11.5 Å². The molecule has 2 aromatic heterocycles. The van der Waals surface area contributed by atoms with Gasteiger partial charge in [0.2, 0.25) is 5.88 Å². The highest BCUT2D eigenvalue weighted by atomic mass is 16.5. The number of carbonyl (C=O) groups is 1. The molecule has 1 saturated heterocycles. The van der Waals surface area contributed by atoms with Crippen molar-refractivity contribution in [3.05, 3.63) is 47.8 Å². The van der Waals surface area contributed by atoms with E-state index in [4.69, 9.17) is 9.47 Å². The Kier molecular flexibility index (Phi) is 7.04. The number of rotatable bonds is 8. The van der Waals surface area contributed by atoms with Crippen LogP contribution in [0, 0.1) is 0 Å². The number of anilines is 1. The van der Waals surface area contributed by atoms with Crippen LogP contribution in [0.15, 0.2) is 36.7 Å². The Morgan fingerprint density at radius 1 is 1.07 bits per heavy atom. The minimum absolute atomic E-state index is 0.177. The maximum atomic E-state index is 12.3. The summed E-state index contributed by atoms with van der Waals surface area (Å²) in [7, 11) is 0. The lowest BCUT2D eigenvalue weighted by Gasteiger charge is -2.19. The third kappa shape index (κ3) is 6.71. The van der Waals surface area contributed by atoms with Crippen LogP contribution in [-0.4, -0.2) is 47.8 Å². The Labute approximate surface area is 172 Å². The Morgan fingerprint density at radius 3 is 2.48 bits per heavy atom. The van der Waals surface area contributed by atoms with Crippen LogP contribution in [0.3, 0.4) is 0 Å². The molecule has 0 spiro atoms. The molecule has 3 rings (SSSR count). The van der Waals surface area contributed by atoms with Crippen molar-refractivity contribution in [2.24, 2.45) is 0 Å². The van der Waals surface area contributed by atoms with Crippen LogP contribution in [-0.2, 0) is 11.3 Å². The van der Waals surface area contributed by atoms with Crippen molar-refractivity contribution < 1.29 is 14.3 Å². The van der Waals surface area contributed by atoms with E-state index < -0.39 is 0 Å². The monoisotopic (exact) mass is 398 g/mol. The fourth-order valence-corrected chi connectivity index (χ4v) is 3.03. The molecule has 0 atom stereocenters. The smallest absolute Gasteiger partial charge is 0.253 e. The zero-order valence-electron chi connectivity index (χ0n) is 17.5. The van der Waals surface area contributed by atoms with Gasteiger partial charge in [-0.05, 0) is 51.3 Å². The maximum absolute atomic E-state index is 12.3. The van der Waals surface area contributed by atoms with E-state index >= 15 is 0 Å². The van der Waals surface area contributed by atoms with Crippen LogP contribution < -0.4 is 15.0 Å². The van der Waals surface area contributed by atoms with Gasteiger partial charge in [0.05, 0.1) is 17.8 Å². The highest BCUT2D eigenvalue weighted by Gasteiger charge is 2.13. The molecule has 0 aromatic carbocycles. The highest BCUT2D eigenvalue weighted by Crippen LogP contribution is 2.17. The summed E-state index contributed by atoms with van der Waals surface area (Å²) in [5.74, 6) is 1.30. The zero-order chi connectivity index (χ0) is 20.7. The van der Waals surface area contributed by atoms with Crippen molar-refractivity contribution in [2.75, 3.05) is 31.2 Å². The molecule has 1 amide bonds. The van der Waals surface area contributed by atoms with E-state index in [1.54, 1.807) is 12.1 Å². The van der Waals surface area contributed by atoms with Crippen molar-refractivity contribution in [3.63, 3.8) is 0 Å². The molecule has 7 heteroatoms. The normalized spacial score (nSPS) is 14.1. The van der Waals surface area contributed by atoms with Crippen LogP contribution >= 0.6 is 0 Å². The second kappa shape index (κ2) is 9.69. The van der Waals surface area contributed by atoms with E-state index in [1.807, 2.05) is 39.1 Å². The van der Waals surface area contributed by atoms with E-state index in [0.717, 1.165) is 24.5 Å². The standard InChI is InChI=1S/C22H30N4O3/c1-22(2,3)29-13-12-28-20-9-7-18(16-24-20)21(27)25-15-17-6-8-19(23-14-17)26-10-4-5-11-26/h6-9,14,16H,4-5,10-13,15H2,1-3H3,(H,25,27). The summed E-state index contributed by atoms with van der Waals surface area (Å²) in [5, 5.41) is 2.90. The third-order valence-electron chi connectivity index (χ3n) is 4.56. The molecule has 0 saturated carbocycles. The van der Waals surface area contributed by atoms with Gasteiger partial charge in [-0.3, -0.25) is 4.79 Å². The van der Waals surface area contributed by atoms with Crippen molar-refractivity contribution >= 4 is 11.7 Å². The van der Waals surface area contributed by atoms with Gasteiger partial charge in [0.25, 0.3) is 5.91 Å². The molecule has 0 unspecified atom stereocenters. The second-order valence-corrected chi connectivity index (χ2v) is 8.10. The Morgan fingerprint density at radius 2 is 1.86 bits per heavy atom. The minimum atomic E-state index is -0.192. The number of nitrogens with zero attached hydrogens (tertiary/aromatic N) is 3. The Bertz CT molecular complexity index is 779. The number of hydrogen-bond donors (Lipinski definition) is 1. The molecule has 0 radical (unpaired) electrons. The largest absolute Gasteiger partial charge is 0.475 e. The third-order valence-corrected chi connectivity index (χ3v) is 4.56. The number of amides is 1. The summed E-state index contributed by atoms with van der Waals surface area (Å²) in [6.07, 6.45) is 5.79. The summed E-state index contributed by atoms with van der Waals surface area (Å²) < 4.78 is 11.1. The Hall–Kier alpha value is -2.67. The summed E-state index contributed by atoms with van der Waals surface area (Å²) >= 11 is 0. The molecule has 1 fully saturated rings. The average molecular weight is 399 g/mol. The predicted octanol–water partition coefficient (Wildman–Crippen LogP) is 3.20. The number of carbonyl (C=O) groups excluding carboxylic acids is 1. The molecule has 7 nitrogen and oxygen atoms in total. The number of ether oxygens (including phenoxy) is 2. The molecule has 1 N–H and O–H groups in total. The minimum Gasteiger partial charge on any atom is -0.475 e. The van der Waals surface area contributed by atoms with Crippen molar-refractivity contribution in [1.29, 1.82) is 0 Å². The van der Waals surface area contributed by atoms with E-state index in [1.165, 1.54) is 19.0 Å². The lowest BCUT2D eigenvalue weighted by atomic mass is 10.2. The molecule has 0 bridgehead atoms. The number of pyridine rings is 2. The quantitative estimate of drug-likeness (QED) is 0.688. The first-order chi connectivity index (χ1) is 13.9. The zero-order valence-corrected chi connectivity index (χ0v) is 17.5.